The van der Waals surface area contributed by atoms with E-state index in [-0.39, 0.29) is 17.2 Å². The van der Waals surface area contributed by atoms with Crippen molar-refractivity contribution in [2.75, 3.05) is 37.5 Å². The first kappa shape index (κ1) is 21.8. The summed E-state index contributed by atoms with van der Waals surface area (Å²) in [6, 6.07) is 7.41. The monoisotopic (exact) mass is 458 g/mol. The van der Waals surface area contributed by atoms with Gasteiger partial charge in [0, 0.05) is 26.7 Å². The van der Waals surface area contributed by atoms with E-state index in [1.807, 2.05) is 6.92 Å². The number of hydrogen-bond donors (Lipinski definition) is 1. The predicted molar refractivity (Wildman–Crippen MR) is 122 cm³/mol. The summed E-state index contributed by atoms with van der Waals surface area (Å²) in [6.45, 7) is 2.25. The molecule has 2 heterocycles. The van der Waals surface area contributed by atoms with Crippen molar-refractivity contribution in [1.29, 1.82) is 0 Å². The lowest BCUT2D eigenvalue weighted by atomic mass is 10.1. The molecule has 4 aromatic rings. The van der Waals surface area contributed by atoms with Crippen LogP contribution in [0.5, 0.6) is 5.75 Å². The molecule has 4 rings (SSSR count). The van der Waals surface area contributed by atoms with Gasteiger partial charge in [-0.3, -0.25) is 5.10 Å². The number of ether oxygens (including phenoxy) is 1. The molecule has 0 aliphatic heterocycles. The van der Waals surface area contributed by atoms with Crippen molar-refractivity contribution in [3.63, 3.8) is 0 Å². The van der Waals surface area contributed by atoms with Crippen molar-refractivity contribution < 1.29 is 13.5 Å². The highest BCUT2D eigenvalue weighted by Crippen LogP contribution is 2.39. The highest BCUT2D eigenvalue weighted by atomic mass is 35.5. The Labute approximate surface area is 188 Å². The van der Waals surface area contributed by atoms with E-state index in [2.05, 4.69) is 20.2 Å². The summed E-state index contributed by atoms with van der Waals surface area (Å²) < 4.78 is 35.0. The molecule has 2 aromatic heterocycles. The van der Waals surface area contributed by atoms with Crippen LogP contribution in [0.2, 0.25) is 5.02 Å². The van der Waals surface area contributed by atoms with Crippen molar-refractivity contribution in [2.45, 2.75) is 6.92 Å². The molecule has 0 saturated carbocycles. The Balaban J connectivity index is 1.94. The molecule has 0 radical (unpaired) electrons. The molecule has 0 atom stereocenters. The number of benzene rings is 2. The third kappa shape index (κ3) is 3.69. The van der Waals surface area contributed by atoms with E-state index in [9.17, 15) is 8.78 Å². The van der Waals surface area contributed by atoms with Crippen molar-refractivity contribution in [2.24, 2.45) is 0 Å². The Kier molecular flexibility index (Phi) is 5.84. The molecule has 10 heteroatoms. The number of nitrogens with one attached hydrogen (secondary N) is 1. The van der Waals surface area contributed by atoms with Crippen LogP contribution in [0.3, 0.4) is 0 Å². The molecule has 1 N–H and O–H groups in total. The molecule has 0 saturated heterocycles. The largest absolute Gasteiger partial charge is 0.496 e. The van der Waals surface area contributed by atoms with Gasteiger partial charge in [-0.05, 0) is 25.1 Å². The van der Waals surface area contributed by atoms with E-state index in [1.165, 1.54) is 25.4 Å². The SMILES string of the molecule is CCN(c1nc(-c2c(F)cccc2OC)c2[nH]ncc2n1)c1cc(F)c(N(C)C)cc1Cl. The Morgan fingerprint density at radius 1 is 1.09 bits per heavy atom. The van der Waals surface area contributed by atoms with Gasteiger partial charge < -0.3 is 14.5 Å². The third-order valence-corrected chi connectivity index (χ3v) is 5.37. The molecule has 0 spiro atoms. The van der Waals surface area contributed by atoms with Gasteiger partial charge in [0.15, 0.2) is 0 Å². The van der Waals surface area contributed by atoms with Gasteiger partial charge in [0.05, 0.1) is 35.3 Å². The molecule has 0 aliphatic carbocycles. The van der Waals surface area contributed by atoms with Gasteiger partial charge in [-0.1, -0.05) is 17.7 Å². The fraction of sp³-hybridized carbons (Fsp3) is 0.227. The summed E-state index contributed by atoms with van der Waals surface area (Å²) in [7, 11) is 4.92. The Bertz CT molecular complexity index is 1290. The van der Waals surface area contributed by atoms with Crippen molar-refractivity contribution in [3.05, 3.63) is 53.2 Å². The number of rotatable bonds is 6. The molecule has 0 aliphatic rings. The van der Waals surface area contributed by atoms with Crippen LogP contribution in [0.15, 0.2) is 36.5 Å². The molecule has 2 aromatic carbocycles. The molecule has 0 fully saturated rings. The zero-order chi connectivity index (χ0) is 23.0. The first-order valence-electron chi connectivity index (χ1n) is 9.83. The summed E-state index contributed by atoms with van der Waals surface area (Å²) >= 11 is 6.51. The van der Waals surface area contributed by atoms with Crippen LogP contribution in [0.4, 0.5) is 26.1 Å². The van der Waals surface area contributed by atoms with Gasteiger partial charge in [0.2, 0.25) is 5.95 Å². The van der Waals surface area contributed by atoms with Crippen LogP contribution in [-0.4, -0.2) is 47.9 Å². The zero-order valence-corrected chi connectivity index (χ0v) is 18.7. The molecule has 0 amide bonds. The van der Waals surface area contributed by atoms with Crippen molar-refractivity contribution in [3.8, 4) is 17.0 Å². The van der Waals surface area contributed by atoms with Gasteiger partial charge in [0.1, 0.15) is 34.1 Å². The number of fused-ring (bicyclic) bond motifs is 1. The van der Waals surface area contributed by atoms with Gasteiger partial charge in [-0.15, -0.1) is 0 Å². The molecule has 7 nitrogen and oxygen atoms in total. The number of halogens is 3. The highest BCUT2D eigenvalue weighted by Gasteiger charge is 2.23. The second-order valence-electron chi connectivity index (χ2n) is 7.21. The summed E-state index contributed by atoms with van der Waals surface area (Å²) in [5.74, 6) is -0.408. The van der Waals surface area contributed by atoms with Crippen LogP contribution in [0.1, 0.15) is 6.92 Å². The molecule has 32 heavy (non-hydrogen) atoms. The van der Waals surface area contributed by atoms with Crippen LogP contribution in [0, 0.1) is 11.6 Å². The quantitative estimate of drug-likeness (QED) is 0.429. The van der Waals surface area contributed by atoms with Gasteiger partial charge in [-0.25, -0.2) is 18.7 Å². The average Bonchev–Trinajstić information content (AvgIpc) is 3.24. The number of hydrogen-bond acceptors (Lipinski definition) is 6. The second-order valence-corrected chi connectivity index (χ2v) is 7.62. The number of nitrogens with zero attached hydrogens (tertiary/aromatic N) is 5. The van der Waals surface area contributed by atoms with E-state index in [0.29, 0.717) is 39.7 Å². The maximum absolute atomic E-state index is 14.9. The standard InChI is InChI=1S/C22H21ClF2N6O/c1-5-31(16-10-14(25)17(30(2)3)9-12(16)23)22-27-15-11-26-29-20(15)21(28-22)19-13(24)7-6-8-18(19)32-4/h6-11H,5H2,1-4H3,(H,26,29). The maximum atomic E-state index is 14.9. The summed E-state index contributed by atoms with van der Waals surface area (Å²) in [6.07, 6.45) is 1.52. The highest BCUT2D eigenvalue weighted by molar-refractivity contribution is 6.33. The first-order valence-corrected chi connectivity index (χ1v) is 10.2. The van der Waals surface area contributed by atoms with Crippen LogP contribution in [-0.2, 0) is 0 Å². The third-order valence-electron chi connectivity index (χ3n) is 5.07. The van der Waals surface area contributed by atoms with E-state index in [1.54, 1.807) is 42.1 Å². The summed E-state index contributed by atoms with van der Waals surface area (Å²) in [4.78, 5) is 12.5. The Morgan fingerprint density at radius 2 is 1.88 bits per heavy atom. The fourth-order valence-electron chi connectivity index (χ4n) is 3.53. The van der Waals surface area contributed by atoms with Gasteiger partial charge in [0.25, 0.3) is 0 Å². The summed E-state index contributed by atoms with van der Waals surface area (Å²) in [5.41, 5.74) is 2.12. The van der Waals surface area contributed by atoms with Gasteiger partial charge >= 0.3 is 0 Å². The Morgan fingerprint density at radius 3 is 2.56 bits per heavy atom. The first-order chi connectivity index (χ1) is 15.3. The second kappa shape index (κ2) is 8.58. The number of methoxy groups -OCH3 is 1. The van der Waals surface area contributed by atoms with Crippen LogP contribution < -0.4 is 14.5 Å². The number of aromatic nitrogens is 4. The summed E-state index contributed by atoms with van der Waals surface area (Å²) in [5, 5.41) is 7.19. The minimum atomic E-state index is -0.507. The molecular formula is C22H21ClF2N6O. The lowest BCUT2D eigenvalue weighted by molar-refractivity contribution is 0.413. The van der Waals surface area contributed by atoms with Crippen molar-refractivity contribution in [1.82, 2.24) is 20.2 Å². The topological polar surface area (TPSA) is 70.2 Å². The molecular weight excluding hydrogens is 438 g/mol. The predicted octanol–water partition coefficient (Wildman–Crippen LogP) is 5.18. The molecule has 0 unspecified atom stereocenters. The van der Waals surface area contributed by atoms with E-state index in [0.717, 1.165) is 0 Å². The number of anilines is 3. The lowest BCUT2D eigenvalue weighted by Gasteiger charge is -2.24. The van der Waals surface area contributed by atoms with Gasteiger partial charge in [-0.2, -0.15) is 5.10 Å². The van der Waals surface area contributed by atoms with Crippen LogP contribution in [0.25, 0.3) is 22.3 Å². The van der Waals surface area contributed by atoms with Crippen molar-refractivity contribution >= 4 is 40.0 Å². The zero-order valence-electron chi connectivity index (χ0n) is 17.9. The smallest absolute Gasteiger partial charge is 0.231 e. The van der Waals surface area contributed by atoms with Crippen LogP contribution >= 0.6 is 11.6 Å². The average molecular weight is 459 g/mol. The van der Waals surface area contributed by atoms with E-state index in [4.69, 9.17) is 16.3 Å². The van der Waals surface area contributed by atoms with E-state index >= 15 is 0 Å². The number of aromatic amines is 1. The number of H-pyrrole nitrogens is 1. The lowest BCUT2D eigenvalue weighted by Crippen LogP contribution is -2.20. The molecule has 0 bridgehead atoms. The fourth-order valence-corrected chi connectivity index (χ4v) is 3.79. The minimum absolute atomic E-state index is 0.171. The normalized spacial score (nSPS) is 11.1. The maximum Gasteiger partial charge on any atom is 0.231 e. The Hall–Kier alpha value is -3.46. The molecule has 166 valence electrons. The van der Waals surface area contributed by atoms with E-state index < -0.39 is 11.6 Å². The minimum Gasteiger partial charge on any atom is -0.496 e.